The molecule has 0 aliphatic heterocycles. The molecule has 0 aromatic rings. The summed E-state index contributed by atoms with van der Waals surface area (Å²) in [6.07, 6.45) is 2.54. The zero-order chi connectivity index (χ0) is 14.2. The molecule has 102 valence electrons. The second kappa shape index (κ2) is 7.70. The van der Waals surface area contributed by atoms with Gasteiger partial charge in [-0.25, -0.2) is 0 Å². The van der Waals surface area contributed by atoms with E-state index in [0.29, 0.717) is 12.8 Å². The Hall–Kier alpha value is -1.57. The number of methoxy groups -OCH3 is 1. The van der Waals surface area contributed by atoms with Gasteiger partial charge in [0, 0.05) is 7.05 Å². The van der Waals surface area contributed by atoms with E-state index >= 15 is 0 Å². The van der Waals surface area contributed by atoms with E-state index in [4.69, 9.17) is 0 Å². The third-order valence-corrected chi connectivity index (χ3v) is 2.92. The van der Waals surface area contributed by atoms with Crippen LogP contribution < -0.4 is 0 Å². The SMILES string of the molecule is CCCC(C#N)(CCC)C(=O)N(C)CC(=O)OC. The first-order valence-corrected chi connectivity index (χ1v) is 6.21. The standard InChI is InChI=1S/C13H22N2O3/c1-5-7-13(10-14,8-6-2)12(17)15(3)9-11(16)18-4/h5-9H2,1-4H3. The van der Waals surface area contributed by atoms with Crippen molar-refractivity contribution in [1.29, 1.82) is 5.26 Å². The Labute approximate surface area is 109 Å². The van der Waals surface area contributed by atoms with Crippen molar-refractivity contribution in [3.63, 3.8) is 0 Å². The number of rotatable bonds is 7. The molecule has 0 unspecified atom stereocenters. The van der Waals surface area contributed by atoms with Crippen molar-refractivity contribution >= 4 is 11.9 Å². The van der Waals surface area contributed by atoms with Crippen molar-refractivity contribution < 1.29 is 14.3 Å². The molecule has 0 saturated heterocycles. The van der Waals surface area contributed by atoms with Crippen LogP contribution in [0.3, 0.4) is 0 Å². The maximum Gasteiger partial charge on any atom is 0.325 e. The predicted molar refractivity (Wildman–Crippen MR) is 67.5 cm³/mol. The number of esters is 1. The van der Waals surface area contributed by atoms with Gasteiger partial charge >= 0.3 is 5.97 Å². The van der Waals surface area contributed by atoms with Gasteiger partial charge in [-0.15, -0.1) is 0 Å². The summed E-state index contributed by atoms with van der Waals surface area (Å²) in [5.74, 6) is -0.773. The molecule has 0 atom stereocenters. The topological polar surface area (TPSA) is 70.4 Å². The third kappa shape index (κ3) is 4.02. The van der Waals surface area contributed by atoms with Crippen LogP contribution in [0.5, 0.6) is 0 Å². The third-order valence-electron chi connectivity index (χ3n) is 2.92. The summed E-state index contributed by atoms with van der Waals surface area (Å²) in [7, 11) is 2.80. The number of nitrogens with zero attached hydrogens (tertiary/aromatic N) is 2. The summed E-state index contributed by atoms with van der Waals surface area (Å²) in [4.78, 5) is 24.8. The van der Waals surface area contributed by atoms with E-state index < -0.39 is 11.4 Å². The molecule has 1 amide bonds. The molecule has 0 saturated carbocycles. The molecular weight excluding hydrogens is 232 g/mol. The molecule has 0 aromatic carbocycles. The van der Waals surface area contributed by atoms with E-state index in [1.807, 2.05) is 13.8 Å². The van der Waals surface area contributed by atoms with Gasteiger partial charge in [-0.05, 0) is 12.8 Å². The van der Waals surface area contributed by atoms with Crippen LogP contribution in [0.2, 0.25) is 0 Å². The number of amides is 1. The molecule has 0 bridgehead atoms. The Bertz CT molecular complexity index is 328. The first kappa shape index (κ1) is 16.4. The number of nitriles is 1. The van der Waals surface area contributed by atoms with E-state index in [1.54, 1.807) is 0 Å². The van der Waals surface area contributed by atoms with E-state index in [2.05, 4.69) is 10.8 Å². The average molecular weight is 254 g/mol. The lowest BCUT2D eigenvalue weighted by Crippen LogP contribution is -2.43. The number of hydrogen-bond acceptors (Lipinski definition) is 4. The minimum atomic E-state index is -1.01. The molecule has 0 N–H and O–H groups in total. The highest BCUT2D eigenvalue weighted by molar-refractivity contribution is 5.88. The van der Waals surface area contributed by atoms with Crippen molar-refractivity contribution in [3.8, 4) is 6.07 Å². The summed E-state index contributed by atoms with van der Waals surface area (Å²) in [6.45, 7) is 3.76. The van der Waals surface area contributed by atoms with E-state index in [0.717, 1.165) is 12.8 Å². The molecule has 0 spiro atoms. The smallest absolute Gasteiger partial charge is 0.325 e. The van der Waals surface area contributed by atoms with Crippen LogP contribution in [-0.4, -0.2) is 37.5 Å². The zero-order valence-corrected chi connectivity index (χ0v) is 11.7. The van der Waals surface area contributed by atoms with Crippen LogP contribution in [0.15, 0.2) is 0 Å². The van der Waals surface area contributed by atoms with Crippen LogP contribution in [-0.2, 0) is 14.3 Å². The fourth-order valence-electron chi connectivity index (χ4n) is 2.05. The number of carbonyl (C=O) groups excluding carboxylic acids is 2. The van der Waals surface area contributed by atoms with Gasteiger partial charge in [0.1, 0.15) is 12.0 Å². The number of likely N-dealkylation sites (N-methyl/N-ethyl adjacent to an activating group) is 1. The largest absolute Gasteiger partial charge is 0.468 e. The van der Waals surface area contributed by atoms with Crippen molar-refractivity contribution in [2.75, 3.05) is 20.7 Å². The number of carbonyl (C=O) groups is 2. The van der Waals surface area contributed by atoms with E-state index in [-0.39, 0.29) is 12.5 Å². The van der Waals surface area contributed by atoms with Gasteiger partial charge in [-0.1, -0.05) is 26.7 Å². The summed E-state index contributed by atoms with van der Waals surface area (Å²) in [5.41, 5.74) is -1.01. The lowest BCUT2D eigenvalue weighted by atomic mass is 9.79. The molecule has 18 heavy (non-hydrogen) atoms. The van der Waals surface area contributed by atoms with Gasteiger partial charge in [0.15, 0.2) is 0 Å². The summed E-state index contributed by atoms with van der Waals surface area (Å²) in [5, 5.41) is 9.34. The maximum absolute atomic E-state index is 12.3. The molecule has 0 fully saturated rings. The van der Waals surface area contributed by atoms with Crippen LogP contribution >= 0.6 is 0 Å². The Morgan fingerprint density at radius 1 is 1.28 bits per heavy atom. The molecule has 5 heteroatoms. The van der Waals surface area contributed by atoms with Gasteiger partial charge in [0.25, 0.3) is 0 Å². The zero-order valence-electron chi connectivity index (χ0n) is 11.7. The fourth-order valence-corrected chi connectivity index (χ4v) is 2.05. The minimum Gasteiger partial charge on any atom is -0.468 e. The highest BCUT2D eigenvalue weighted by Crippen LogP contribution is 2.31. The predicted octanol–water partition coefficient (Wildman–Crippen LogP) is 1.73. The summed E-state index contributed by atoms with van der Waals surface area (Å²) in [6, 6.07) is 2.15. The van der Waals surface area contributed by atoms with E-state index in [1.165, 1.54) is 19.1 Å². The monoisotopic (exact) mass is 254 g/mol. The molecule has 0 heterocycles. The van der Waals surface area contributed by atoms with E-state index in [9.17, 15) is 14.9 Å². The van der Waals surface area contributed by atoms with Gasteiger partial charge < -0.3 is 9.64 Å². The van der Waals surface area contributed by atoms with Crippen molar-refractivity contribution in [2.24, 2.45) is 5.41 Å². The lowest BCUT2D eigenvalue weighted by molar-refractivity contribution is -0.149. The van der Waals surface area contributed by atoms with Crippen molar-refractivity contribution in [1.82, 2.24) is 4.90 Å². The molecule has 5 nitrogen and oxygen atoms in total. The molecule has 0 aliphatic carbocycles. The van der Waals surface area contributed by atoms with Crippen LogP contribution in [0.1, 0.15) is 39.5 Å². The van der Waals surface area contributed by atoms with Gasteiger partial charge in [-0.3, -0.25) is 9.59 Å². The highest BCUT2D eigenvalue weighted by Gasteiger charge is 2.39. The average Bonchev–Trinajstić information content (AvgIpc) is 2.37. The quantitative estimate of drug-likeness (QED) is 0.649. The molecule has 0 radical (unpaired) electrons. The van der Waals surface area contributed by atoms with Crippen molar-refractivity contribution in [2.45, 2.75) is 39.5 Å². The second-order valence-electron chi connectivity index (χ2n) is 4.43. The molecule has 0 rings (SSSR count). The van der Waals surface area contributed by atoms with Crippen molar-refractivity contribution in [3.05, 3.63) is 0 Å². The first-order valence-electron chi connectivity index (χ1n) is 6.21. The van der Waals surface area contributed by atoms with Gasteiger partial charge in [-0.2, -0.15) is 5.26 Å². The number of hydrogen-bond donors (Lipinski definition) is 0. The van der Waals surface area contributed by atoms with Gasteiger partial charge in [0.2, 0.25) is 5.91 Å². The first-order chi connectivity index (χ1) is 8.47. The lowest BCUT2D eigenvalue weighted by Gasteiger charge is -2.29. The Morgan fingerprint density at radius 2 is 1.78 bits per heavy atom. The van der Waals surface area contributed by atoms with Crippen LogP contribution in [0, 0.1) is 16.7 Å². The number of ether oxygens (including phenoxy) is 1. The minimum absolute atomic E-state index is 0.119. The molecular formula is C13H22N2O3. The summed E-state index contributed by atoms with van der Waals surface area (Å²) < 4.78 is 4.52. The van der Waals surface area contributed by atoms with Crippen LogP contribution in [0.25, 0.3) is 0 Å². The maximum atomic E-state index is 12.3. The Morgan fingerprint density at radius 3 is 2.11 bits per heavy atom. The highest BCUT2D eigenvalue weighted by atomic mass is 16.5. The second-order valence-corrected chi connectivity index (χ2v) is 4.43. The normalized spacial score (nSPS) is 10.6. The Kier molecular flexibility index (Phi) is 7.03. The Balaban J connectivity index is 4.95. The molecule has 0 aromatic heterocycles. The van der Waals surface area contributed by atoms with Crippen LogP contribution in [0.4, 0.5) is 0 Å². The summed E-state index contributed by atoms with van der Waals surface area (Å²) >= 11 is 0. The molecule has 0 aliphatic rings. The van der Waals surface area contributed by atoms with Gasteiger partial charge in [0.05, 0.1) is 13.2 Å². The fraction of sp³-hybridized carbons (Fsp3) is 0.769.